The van der Waals surface area contributed by atoms with Gasteiger partial charge in [0.25, 0.3) is 0 Å². The largest absolute Gasteiger partial charge is 0.361 e. The SMILES string of the molecule is CN=C(NCCCc1c(C)noc1C)N1CCSC(C(C)C)C1.I. The van der Waals surface area contributed by atoms with E-state index in [1.54, 1.807) is 0 Å². The Balaban J connectivity index is 0.00000288. The molecule has 0 aliphatic carbocycles. The van der Waals surface area contributed by atoms with E-state index in [4.69, 9.17) is 4.52 Å². The maximum absolute atomic E-state index is 5.22. The Bertz CT molecular complexity index is 513. The van der Waals surface area contributed by atoms with Crippen molar-refractivity contribution in [2.45, 2.75) is 45.8 Å². The molecule has 2 heterocycles. The predicted octanol–water partition coefficient (Wildman–Crippen LogP) is 3.49. The summed E-state index contributed by atoms with van der Waals surface area (Å²) in [5, 5.41) is 8.23. The van der Waals surface area contributed by atoms with Crippen LogP contribution in [0.4, 0.5) is 0 Å². The standard InChI is InChI=1S/C17H30N4OS.HI/c1-12(2)16-11-21(9-10-23-16)17(18-5)19-8-6-7-15-13(3)20-22-14(15)4;/h12,16H,6-11H2,1-5H3,(H,18,19);1H. The fourth-order valence-corrected chi connectivity index (χ4v) is 4.23. The lowest BCUT2D eigenvalue weighted by atomic mass is 10.1. The van der Waals surface area contributed by atoms with E-state index < -0.39 is 0 Å². The molecule has 1 fully saturated rings. The van der Waals surface area contributed by atoms with Crippen LogP contribution in [0.2, 0.25) is 0 Å². The lowest BCUT2D eigenvalue weighted by Crippen LogP contribution is -2.49. The molecule has 7 heteroatoms. The van der Waals surface area contributed by atoms with Crippen LogP contribution in [0.3, 0.4) is 0 Å². The Kier molecular flexibility index (Phi) is 9.48. The minimum atomic E-state index is 0. The number of hydrogen-bond acceptors (Lipinski definition) is 4. The maximum atomic E-state index is 5.22. The number of nitrogens with one attached hydrogen (secondary N) is 1. The number of aliphatic imine (C=N–C) groups is 1. The summed E-state index contributed by atoms with van der Waals surface area (Å²) >= 11 is 2.09. The highest BCUT2D eigenvalue weighted by Crippen LogP contribution is 2.24. The van der Waals surface area contributed by atoms with Crippen LogP contribution in [-0.4, -0.2) is 53.7 Å². The minimum Gasteiger partial charge on any atom is -0.361 e. The highest BCUT2D eigenvalue weighted by Gasteiger charge is 2.24. The summed E-state index contributed by atoms with van der Waals surface area (Å²) in [6.07, 6.45) is 2.05. The van der Waals surface area contributed by atoms with Gasteiger partial charge in [-0.1, -0.05) is 19.0 Å². The van der Waals surface area contributed by atoms with E-state index in [-0.39, 0.29) is 24.0 Å². The molecule has 1 aliphatic heterocycles. The fraction of sp³-hybridized carbons (Fsp3) is 0.765. The molecule has 24 heavy (non-hydrogen) atoms. The van der Waals surface area contributed by atoms with E-state index in [1.165, 1.54) is 11.3 Å². The summed E-state index contributed by atoms with van der Waals surface area (Å²) in [7, 11) is 1.88. The second kappa shape index (κ2) is 10.5. The van der Waals surface area contributed by atoms with Crippen LogP contribution in [0.25, 0.3) is 0 Å². The number of aromatic nitrogens is 1. The van der Waals surface area contributed by atoms with Crippen molar-refractivity contribution in [3.8, 4) is 0 Å². The first-order valence-corrected chi connectivity index (χ1v) is 9.56. The van der Waals surface area contributed by atoms with Gasteiger partial charge in [0.15, 0.2) is 5.96 Å². The molecule has 1 atom stereocenters. The van der Waals surface area contributed by atoms with Crippen molar-refractivity contribution in [3.63, 3.8) is 0 Å². The Morgan fingerprint density at radius 2 is 2.21 bits per heavy atom. The smallest absolute Gasteiger partial charge is 0.193 e. The van der Waals surface area contributed by atoms with Gasteiger partial charge in [-0.3, -0.25) is 4.99 Å². The van der Waals surface area contributed by atoms with Gasteiger partial charge in [-0.15, -0.1) is 24.0 Å². The normalized spacial score (nSPS) is 18.7. The Labute approximate surface area is 167 Å². The van der Waals surface area contributed by atoms with Gasteiger partial charge in [0.1, 0.15) is 5.76 Å². The summed E-state index contributed by atoms with van der Waals surface area (Å²) in [4.78, 5) is 6.87. The number of guanidine groups is 1. The van der Waals surface area contributed by atoms with Gasteiger partial charge in [-0.2, -0.15) is 11.8 Å². The van der Waals surface area contributed by atoms with Crippen LogP contribution in [0, 0.1) is 19.8 Å². The van der Waals surface area contributed by atoms with E-state index in [9.17, 15) is 0 Å². The summed E-state index contributed by atoms with van der Waals surface area (Å²) in [6.45, 7) is 11.7. The second-order valence-electron chi connectivity index (χ2n) is 6.48. The van der Waals surface area contributed by atoms with Crippen molar-refractivity contribution in [2.24, 2.45) is 10.9 Å². The molecule has 0 bridgehead atoms. The molecule has 1 saturated heterocycles. The first-order chi connectivity index (χ1) is 11.0. The zero-order valence-corrected chi connectivity index (χ0v) is 18.6. The molecule has 1 aromatic heterocycles. The number of aryl methyl sites for hydroxylation is 2. The second-order valence-corrected chi connectivity index (χ2v) is 7.83. The highest BCUT2D eigenvalue weighted by atomic mass is 127. The zero-order valence-electron chi connectivity index (χ0n) is 15.5. The molecule has 1 aromatic rings. The topological polar surface area (TPSA) is 53.7 Å². The van der Waals surface area contributed by atoms with Gasteiger partial charge < -0.3 is 14.7 Å². The number of nitrogens with zero attached hydrogens (tertiary/aromatic N) is 3. The van der Waals surface area contributed by atoms with Crippen LogP contribution < -0.4 is 5.32 Å². The monoisotopic (exact) mass is 466 g/mol. The third-order valence-corrected chi connectivity index (χ3v) is 5.96. The van der Waals surface area contributed by atoms with Gasteiger partial charge >= 0.3 is 0 Å². The number of halogens is 1. The maximum Gasteiger partial charge on any atom is 0.193 e. The average Bonchev–Trinajstić information content (AvgIpc) is 2.86. The molecule has 0 aromatic carbocycles. The number of hydrogen-bond donors (Lipinski definition) is 1. The lowest BCUT2D eigenvalue weighted by Gasteiger charge is -2.36. The van der Waals surface area contributed by atoms with E-state index >= 15 is 0 Å². The molecule has 0 radical (unpaired) electrons. The molecular formula is C17H31IN4OS. The van der Waals surface area contributed by atoms with Crippen molar-refractivity contribution in [1.82, 2.24) is 15.4 Å². The third kappa shape index (κ3) is 5.82. The molecular weight excluding hydrogens is 435 g/mol. The number of thioether (sulfide) groups is 1. The van der Waals surface area contributed by atoms with Gasteiger partial charge in [0, 0.05) is 43.2 Å². The first kappa shape index (κ1) is 21.6. The minimum absolute atomic E-state index is 0. The van der Waals surface area contributed by atoms with Crippen LogP contribution in [0.15, 0.2) is 9.52 Å². The Morgan fingerprint density at radius 1 is 1.46 bits per heavy atom. The molecule has 2 rings (SSSR count). The van der Waals surface area contributed by atoms with Gasteiger partial charge in [-0.05, 0) is 32.6 Å². The van der Waals surface area contributed by atoms with Crippen LogP contribution in [-0.2, 0) is 6.42 Å². The molecule has 0 amide bonds. The quantitative estimate of drug-likeness (QED) is 0.312. The first-order valence-electron chi connectivity index (χ1n) is 8.51. The van der Waals surface area contributed by atoms with Crippen molar-refractivity contribution in [1.29, 1.82) is 0 Å². The molecule has 1 N–H and O–H groups in total. The van der Waals surface area contributed by atoms with Crippen LogP contribution in [0.5, 0.6) is 0 Å². The fourth-order valence-electron chi connectivity index (χ4n) is 2.93. The summed E-state index contributed by atoms with van der Waals surface area (Å²) < 4.78 is 5.22. The summed E-state index contributed by atoms with van der Waals surface area (Å²) in [5.74, 6) is 3.87. The summed E-state index contributed by atoms with van der Waals surface area (Å²) in [5.41, 5.74) is 2.26. The predicted molar refractivity (Wildman–Crippen MR) is 114 cm³/mol. The van der Waals surface area contributed by atoms with Crippen molar-refractivity contribution < 1.29 is 4.52 Å². The lowest BCUT2D eigenvalue weighted by molar-refractivity contribution is 0.380. The molecule has 0 saturated carbocycles. The molecule has 1 aliphatic rings. The Morgan fingerprint density at radius 3 is 2.79 bits per heavy atom. The highest BCUT2D eigenvalue weighted by molar-refractivity contribution is 14.0. The van der Waals surface area contributed by atoms with E-state index in [2.05, 4.69) is 46.0 Å². The van der Waals surface area contributed by atoms with E-state index in [1.807, 2.05) is 20.9 Å². The third-order valence-electron chi connectivity index (χ3n) is 4.42. The Hall–Kier alpha value is -0.440. The average molecular weight is 466 g/mol. The number of rotatable bonds is 5. The summed E-state index contributed by atoms with van der Waals surface area (Å²) in [6, 6.07) is 0. The van der Waals surface area contributed by atoms with Gasteiger partial charge in [0.05, 0.1) is 5.69 Å². The van der Waals surface area contributed by atoms with E-state index in [0.717, 1.165) is 49.9 Å². The molecule has 0 spiro atoms. The van der Waals surface area contributed by atoms with Crippen molar-refractivity contribution >= 4 is 41.7 Å². The van der Waals surface area contributed by atoms with E-state index in [0.29, 0.717) is 11.2 Å². The van der Waals surface area contributed by atoms with Crippen LogP contribution >= 0.6 is 35.7 Å². The van der Waals surface area contributed by atoms with Crippen molar-refractivity contribution in [2.75, 3.05) is 32.4 Å². The molecule has 1 unspecified atom stereocenters. The van der Waals surface area contributed by atoms with Gasteiger partial charge in [-0.25, -0.2) is 0 Å². The van der Waals surface area contributed by atoms with Crippen LogP contribution in [0.1, 0.15) is 37.3 Å². The molecule has 138 valence electrons. The zero-order chi connectivity index (χ0) is 16.8. The van der Waals surface area contributed by atoms with Gasteiger partial charge in [0.2, 0.25) is 0 Å². The molecule has 5 nitrogen and oxygen atoms in total. The van der Waals surface area contributed by atoms with Crippen molar-refractivity contribution in [3.05, 3.63) is 17.0 Å².